The van der Waals surface area contributed by atoms with E-state index in [4.69, 9.17) is 23.2 Å². The first-order chi connectivity index (χ1) is 7.24. The molecule has 0 amide bonds. The fraction of sp³-hybridized carbons (Fsp3) is 0.0909. The second kappa shape index (κ2) is 4.17. The molecule has 0 unspecified atom stereocenters. The Morgan fingerprint density at radius 3 is 2.87 bits per heavy atom. The summed E-state index contributed by atoms with van der Waals surface area (Å²) in [5.41, 5.74) is 1.39. The largest absolute Gasteiger partial charge is 0.303 e. The molecule has 1 aromatic carbocycles. The zero-order chi connectivity index (χ0) is 10.8. The van der Waals surface area contributed by atoms with Crippen molar-refractivity contribution in [2.45, 2.75) is 6.42 Å². The number of hydrogen-bond acceptors (Lipinski definition) is 2. The number of aldehydes is 1. The lowest BCUT2D eigenvalue weighted by atomic mass is 10.1. The maximum Gasteiger partial charge on any atom is 0.124 e. The van der Waals surface area contributed by atoms with Crippen molar-refractivity contribution in [2.75, 3.05) is 0 Å². The van der Waals surface area contributed by atoms with Gasteiger partial charge in [-0.1, -0.05) is 35.3 Å². The predicted molar refractivity (Wildman–Crippen MR) is 61.5 cm³/mol. The fourth-order valence-corrected chi connectivity index (χ4v) is 1.93. The Kier molecular flexibility index (Phi) is 2.89. The van der Waals surface area contributed by atoms with E-state index in [1.807, 2.05) is 12.1 Å². The van der Waals surface area contributed by atoms with Crippen molar-refractivity contribution >= 4 is 40.4 Å². The minimum Gasteiger partial charge on any atom is -0.303 e. The van der Waals surface area contributed by atoms with Crippen LogP contribution in [0.4, 0.5) is 0 Å². The molecule has 0 bridgehead atoms. The van der Waals surface area contributed by atoms with Gasteiger partial charge in [-0.25, -0.2) is 0 Å². The van der Waals surface area contributed by atoms with E-state index in [-0.39, 0.29) is 6.42 Å². The lowest BCUT2D eigenvalue weighted by Crippen LogP contribution is -1.91. The first kappa shape index (κ1) is 10.4. The molecule has 76 valence electrons. The molecule has 2 aromatic rings. The van der Waals surface area contributed by atoms with Gasteiger partial charge in [0.05, 0.1) is 15.6 Å². The first-order valence-electron chi connectivity index (χ1n) is 4.39. The van der Waals surface area contributed by atoms with Gasteiger partial charge < -0.3 is 4.79 Å². The van der Waals surface area contributed by atoms with E-state index in [1.165, 1.54) is 0 Å². The van der Waals surface area contributed by atoms with Gasteiger partial charge >= 0.3 is 0 Å². The van der Waals surface area contributed by atoms with E-state index in [0.717, 1.165) is 17.2 Å². The zero-order valence-corrected chi connectivity index (χ0v) is 9.22. The molecule has 0 radical (unpaired) electrons. The summed E-state index contributed by atoms with van der Waals surface area (Å²) in [5, 5.41) is 1.89. The number of halogens is 2. The molecule has 0 N–H and O–H groups in total. The molecule has 0 aliphatic carbocycles. The Hall–Kier alpha value is -1.12. The van der Waals surface area contributed by atoms with Crippen molar-refractivity contribution in [2.24, 2.45) is 0 Å². The van der Waals surface area contributed by atoms with E-state index >= 15 is 0 Å². The zero-order valence-electron chi connectivity index (χ0n) is 7.71. The molecule has 2 rings (SSSR count). The quantitative estimate of drug-likeness (QED) is 0.754. The van der Waals surface area contributed by atoms with Crippen molar-refractivity contribution < 1.29 is 4.79 Å². The van der Waals surface area contributed by atoms with Crippen LogP contribution in [0.3, 0.4) is 0 Å². The molecule has 4 heteroatoms. The molecule has 15 heavy (non-hydrogen) atoms. The summed E-state index contributed by atoms with van der Waals surface area (Å²) in [6, 6.07) is 5.40. The molecular weight excluding hydrogens is 233 g/mol. The SMILES string of the molecule is O=CCc1cnc2c(Cl)cccc2c1Cl. The van der Waals surface area contributed by atoms with Crippen LogP contribution in [0.2, 0.25) is 10.0 Å². The Morgan fingerprint density at radius 2 is 2.13 bits per heavy atom. The maximum atomic E-state index is 10.4. The third kappa shape index (κ3) is 1.83. The van der Waals surface area contributed by atoms with Crippen molar-refractivity contribution in [3.8, 4) is 0 Å². The van der Waals surface area contributed by atoms with Crippen LogP contribution >= 0.6 is 23.2 Å². The van der Waals surface area contributed by atoms with Crippen molar-refractivity contribution in [3.05, 3.63) is 40.0 Å². The number of carbonyl (C=O) groups is 1. The summed E-state index contributed by atoms with van der Waals surface area (Å²) in [5.74, 6) is 0. The Morgan fingerprint density at radius 1 is 1.33 bits per heavy atom. The molecule has 0 spiro atoms. The molecule has 2 nitrogen and oxygen atoms in total. The number of fused-ring (bicyclic) bond motifs is 1. The van der Waals surface area contributed by atoms with Gasteiger partial charge in [0.2, 0.25) is 0 Å². The summed E-state index contributed by atoms with van der Waals surface area (Å²) in [4.78, 5) is 14.6. The molecule has 0 saturated carbocycles. The molecule has 1 heterocycles. The van der Waals surface area contributed by atoms with Crippen LogP contribution in [0.25, 0.3) is 10.9 Å². The normalized spacial score (nSPS) is 10.5. The number of benzene rings is 1. The maximum absolute atomic E-state index is 10.4. The van der Waals surface area contributed by atoms with Crippen molar-refractivity contribution in [3.63, 3.8) is 0 Å². The molecule has 0 fully saturated rings. The highest BCUT2D eigenvalue weighted by atomic mass is 35.5. The molecule has 0 saturated heterocycles. The highest BCUT2D eigenvalue weighted by Gasteiger charge is 2.08. The number of hydrogen-bond donors (Lipinski definition) is 0. The van der Waals surface area contributed by atoms with Gasteiger partial charge in [0.25, 0.3) is 0 Å². The second-order valence-electron chi connectivity index (χ2n) is 3.10. The van der Waals surface area contributed by atoms with Crippen molar-refractivity contribution in [1.82, 2.24) is 4.98 Å². The van der Waals surface area contributed by atoms with Crippen LogP contribution in [-0.2, 0) is 11.2 Å². The Balaban J connectivity index is 2.73. The Bertz CT molecular complexity index is 525. The average Bonchev–Trinajstić information content (AvgIpc) is 2.23. The summed E-state index contributed by atoms with van der Waals surface area (Å²) in [6.07, 6.45) is 2.67. The van der Waals surface area contributed by atoms with Crippen LogP contribution in [-0.4, -0.2) is 11.3 Å². The van der Waals surface area contributed by atoms with Crippen LogP contribution < -0.4 is 0 Å². The smallest absolute Gasteiger partial charge is 0.124 e. The second-order valence-corrected chi connectivity index (χ2v) is 3.89. The number of nitrogens with zero attached hydrogens (tertiary/aromatic N) is 1. The molecule has 0 aliphatic heterocycles. The van der Waals surface area contributed by atoms with Crippen LogP contribution in [0, 0.1) is 0 Å². The highest BCUT2D eigenvalue weighted by Crippen LogP contribution is 2.29. The van der Waals surface area contributed by atoms with E-state index in [1.54, 1.807) is 12.3 Å². The highest BCUT2D eigenvalue weighted by molar-refractivity contribution is 6.39. The standard InChI is InChI=1S/C11H7Cl2NO/c12-9-3-1-2-8-10(13)7(4-5-15)6-14-11(8)9/h1-3,5-6H,4H2. The number of pyridine rings is 1. The average molecular weight is 240 g/mol. The number of carbonyl (C=O) groups excluding carboxylic acids is 1. The summed E-state index contributed by atoms with van der Waals surface area (Å²) < 4.78 is 0. The number of aromatic nitrogens is 1. The third-order valence-electron chi connectivity index (χ3n) is 2.16. The molecule has 1 aromatic heterocycles. The first-order valence-corrected chi connectivity index (χ1v) is 5.15. The lowest BCUT2D eigenvalue weighted by molar-refractivity contribution is -0.107. The van der Waals surface area contributed by atoms with Gasteiger partial charge in [0.15, 0.2) is 0 Å². The van der Waals surface area contributed by atoms with Gasteiger partial charge in [-0.15, -0.1) is 0 Å². The van der Waals surface area contributed by atoms with Gasteiger partial charge in [-0.3, -0.25) is 4.98 Å². The monoisotopic (exact) mass is 239 g/mol. The van der Waals surface area contributed by atoms with Crippen LogP contribution in [0.15, 0.2) is 24.4 Å². The van der Waals surface area contributed by atoms with Crippen molar-refractivity contribution in [1.29, 1.82) is 0 Å². The molecule has 0 atom stereocenters. The minimum atomic E-state index is 0.272. The lowest BCUT2D eigenvalue weighted by Gasteiger charge is -2.05. The molecular formula is C11H7Cl2NO. The van der Waals surface area contributed by atoms with E-state index < -0.39 is 0 Å². The predicted octanol–water partition coefficient (Wildman–Crippen LogP) is 3.28. The number of rotatable bonds is 2. The van der Waals surface area contributed by atoms with Gasteiger partial charge in [0.1, 0.15) is 6.29 Å². The van der Waals surface area contributed by atoms with Gasteiger partial charge in [-0.2, -0.15) is 0 Å². The van der Waals surface area contributed by atoms with Gasteiger partial charge in [-0.05, 0) is 11.6 Å². The molecule has 0 aliphatic rings. The topological polar surface area (TPSA) is 30.0 Å². The summed E-state index contributed by atoms with van der Waals surface area (Å²) >= 11 is 12.1. The minimum absolute atomic E-state index is 0.272. The summed E-state index contributed by atoms with van der Waals surface area (Å²) in [6.45, 7) is 0. The Labute approximate surface area is 96.8 Å². The fourth-order valence-electron chi connectivity index (χ4n) is 1.43. The number of para-hydroxylation sites is 1. The van der Waals surface area contributed by atoms with Crippen LogP contribution in [0.1, 0.15) is 5.56 Å². The van der Waals surface area contributed by atoms with Crippen LogP contribution in [0.5, 0.6) is 0 Å². The van der Waals surface area contributed by atoms with Gasteiger partial charge in [0, 0.05) is 18.0 Å². The van der Waals surface area contributed by atoms with E-state index in [2.05, 4.69) is 4.98 Å². The summed E-state index contributed by atoms with van der Waals surface area (Å²) in [7, 11) is 0. The van der Waals surface area contributed by atoms with E-state index in [9.17, 15) is 4.79 Å². The van der Waals surface area contributed by atoms with E-state index in [0.29, 0.717) is 15.6 Å². The third-order valence-corrected chi connectivity index (χ3v) is 2.91.